The van der Waals surface area contributed by atoms with Gasteiger partial charge in [-0.2, -0.15) is 0 Å². The highest BCUT2D eigenvalue weighted by atomic mass is 16.3. The Morgan fingerprint density at radius 3 is 0.967 bits per heavy atom. The zero-order valence-corrected chi connectivity index (χ0v) is 51.2. The topological polar surface area (TPSA) is 32.8 Å². The van der Waals surface area contributed by atoms with Gasteiger partial charge in [0, 0.05) is 54.8 Å². The Morgan fingerprint density at radius 1 is 0.275 bits per heavy atom. The summed E-state index contributed by atoms with van der Waals surface area (Å²) in [5.41, 5.74) is 22.7. The molecule has 0 N–H and O–H groups in total. The van der Waals surface area contributed by atoms with Crippen molar-refractivity contribution in [3.05, 3.63) is 337 Å². The Morgan fingerprint density at radius 2 is 0.593 bits per heavy atom. The first-order valence-electron chi connectivity index (χ1n) is 31.9. The first-order valence-corrected chi connectivity index (χ1v) is 31.9. The van der Waals surface area contributed by atoms with E-state index in [1.165, 1.54) is 44.5 Å². The monoisotopic (exact) mass is 1170 g/mol. The van der Waals surface area contributed by atoms with Crippen LogP contribution in [0.4, 0.5) is 34.1 Å². The molecule has 0 aliphatic heterocycles. The van der Waals surface area contributed by atoms with E-state index in [1.54, 1.807) is 0 Å². The van der Waals surface area contributed by atoms with Crippen molar-refractivity contribution in [2.24, 2.45) is 0 Å². The Kier molecular flexibility index (Phi) is 12.8. The van der Waals surface area contributed by atoms with Crippen LogP contribution < -0.4 is 9.80 Å². The molecule has 17 rings (SSSR count). The fourth-order valence-corrected chi connectivity index (χ4v) is 15.0. The van der Waals surface area contributed by atoms with Gasteiger partial charge in [0.05, 0.1) is 28.2 Å². The lowest BCUT2D eigenvalue weighted by molar-refractivity contribution is 0.670. The number of hydrogen-bond acceptors (Lipinski definition) is 4. The summed E-state index contributed by atoms with van der Waals surface area (Å²) >= 11 is 0. The number of nitrogens with zero attached hydrogens (tertiary/aromatic N) is 2. The lowest BCUT2D eigenvalue weighted by Gasteiger charge is -2.36. The van der Waals surface area contributed by atoms with Crippen LogP contribution in [0.3, 0.4) is 0 Å². The standard InChI is InChI=1S/C87H64N2O2/c1-55(2)57-45-49-63(50-46-57)88(77-43-23-41-73-71-39-21-37-65(83(71)90-85(73)77)59-25-9-5-10-26-59)79-53-75-81(69-35-19-17-33-67(69)79)82-70-36-20-18-34-68(70)80(54-76(82)87(75,61-29-13-7-14-30-61)62-31-15-8-16-32-62)89(64-51-47-58(48-52-64)56(3)4)78-44-24-42-74-72-40-22-38-66(84(72)91-86(74)78)60-27-11-6-12-28-60/h5-56H,1-4H3. The number of hydrogen-bond donors (Lipinski definition) is 0. The van der Waals surface area contributed by atoms with E-state index in [0.717, 1.165) is 122 Å². The molecule has 0 saturated carbocycles. The summed E-state index contributed by atoms with van der Waals surface area (Å²) in [6.45, 7) is 9.06. The van der Waals surface area contributed by atoms with Gasteiger partial charge in [-0.15, -0.1) is 0 Å². The number of benzene rings is 14. The van der Waals surface area contributed by atoms with Gasteiger partial charge >= 0.3 is 0 Å². The molecule has 1 aliphatic rings. The molecule has 0 radical (unpaired) electrons. The number of furan rings is 2. The van der Waals surface area contributed by atoms with E-state index in [1.807, 2.05) is 0 Å². The molecule has 0 spiro atoms. The highest BCUT2D eigenvalue weighted by Gasteiger charge is 2.49. The molecule has 1 aliphatic carbocycles. The zero-order chi connectivity index (χ0) is 60.9. The predicted molar refractivity (Wildman–Crippen MR) is 382 cm³/mol. The van der Waals surface area contributed by atoms with E-state index in [-0.39, 0.29) is 0 Å². The van der Waals surface area contributed by atoms with Crippen LogP contribution in [-0.2, 0) is 5.41 Å². The maximum atomic E-state index is 7.38. The van der Waals surface area contributed by atoms with E-state index in [0.29, 0.717) is 11.8 Å². The van der Waals surface area contributed by atoms with Gasteiger partial charge in [-0.25, -0.2) is 0 Å². The third-order valence-electron chi connectivity index (χ3n) is 19.3. The van der Waals surface area contributed by atoms with Crippen molar-refractivity contribution in [3.63, 3.8) is 0 Å². The van der Waals surface area contributed by atoms with E-state index < -0.39 is 5.41 Å². The largest absolute Gasteiger partial charge is 0.453 e. The second kappa shape index (κ2) is 21.5. The van der Waals surface area contributed by atoms with Crippen LogP contribution in [-0.4, -0.2) is 0 Å². The molecule has 0 fully saturated rings. The maximum Gasteiger partial charge on any atom is 0.159 e. The molecule has 0 saturated heterocycles. The summed E-state index contributed by atoms with van der Waals surface area (Å²) in [5.74, 6) is 0.701. The molecule has 16 aromatic rings. The lowest BCUT2D eigenvalue weighted by atomic mass is 9.67. The van der Waals surface area contributed by atoms with Crippen LogP contribution in [0.5, 0.6) is 0 Å². The molecule has 2 heterocycles. The predicted octanol–water partition coefficient (Wildman–Crippen LogP) is 24.7. The van der Waals surface area contributed by atoms with Gasteiger partial charge in [0.2, 0.25) is 0 Å². The first-order chi connectivity index (χ1) is 44.8. The highest BCUT2D eigenvalue weighted by molar-refractivity contribution is 6.21. The molecule has 0 atom stereocenters. The minimum atomic E-state index is -0.864. The van der Waals surface area contributed by atoms with Gasteiger partial charge in [-0.1, -0.05) is 282 Å². The van der Waals surface area contributed by atoms with Crippen LogP contribution in [0.1, 0.15) is 72.9 Å². The highest BCUT2D eigenvalue weighted by Crippen LogP contribution is 2.63. The summed E-state index contributed by atoms with van der Waals surface area (Å²) in [4.78, 5) is 4.96. The molecular weight excluding hydrogens is 1100 g/mol. The second-order valence-electron chi connectivity index (χ2n) is 25.0. The SMILES string of the molecule is CC(C)c1ccc(N(c2cc3c(c4ccccc24)-c2c(cc(N(c4ccc(C(C)C)cc4)c4cccc5c4oc4c(-c6ccccc6)cccc45)c4ccccc24)C3(c2ccccc2)c2ccccc2)c2cccc3c2oc2c(-c4ccccc4)cccc23)cc1. The van der Waals surface area contributed by atoms with E-state index >= 15 is 0 Å². The van der Waals surface area contributed by atoms with E-state index in [4.69, 9.17) is 8.83 Å². The van der Waals surface area contributed by atoms with Crippen molar-refractivity contribution in [3.8, 4) is 33.4 Å². The summed E-state index contributed by atoms with van der Waals surface area (Å²) in [6, 6.07) is 112. The maximum absolute atomic E-state index is 7.38. The van der Waals surface area contributed by atoms with Crippen LogP contribution in [0.2, 0.25) is 0 Å². The Bertz CT molecular complexity index is 5110. The molecule has 2 aromatic heterocycles. The zero-order valence-electron chi connectivity index (χ0n) is 51.2. The van der Waals surface area contributed by atoms with Crippen molar-refractivity contribution >= 4 is 99.5 Å². The number of para-hydroxylation sites is 4. The third kappa shape index (κ3) is 8.43. The fourth-order valence-electron chi connectivity index (χ4n) is 15.0. The van der Waals surface area contributed by atoms with Crippen molar-refractivity contribution in [1.82, 2.24) is 0 Å². The molecule has 14 aromatic carbocycles. The minimum absolute atomic E-state index is 0.351. The second-order valence-corrected chi connectivity index (χ2v) is 25.0. The molecule has 434 valence electrons. The summed E-state index contributed by atoms with van der Waals surface area (Å²) in [6.07, 6.45) is 0. The molecular formula is C87H64N2O2. The van der Waals surface area contributed by atoms with Gasteiger partial charge < -0.3 is 18.6 Å². The van der Waals surface area contributed by atoms with Gasteiger partial charge in [-0.3, -0.25) is 0 Å². The van der Waals surface area contributed by atoms with Crippen LogP contribution in [0.15, 0.2) is 312 Å². The van der Waals surface area contributed by atoms with Crippen molar-refractivity contribution < 1.29 is 8.83 Å². The summed E-state index contributed by atoms with van der Waals surface area (Å²) < 4.78 is 14.8. The fraction of sp³-hybridized carbons (Fsp3) is 0.0805. The average molecular weight is 1170 g/mol. The van der Waals surface area contributed by atoms with Gasteiger partial charge in [-0.05, 0) is 127 Å². The Hall–Kier alpha value is -11.2. The Balaban J connectivity index is 0.988. The smallest absolute Gasteiger partial charge is 0.159 e. The molecule has 0 amide bonds. The number of fused-ring (bicyclic) bond motifs is 13. The molecule has 0 unspecified atom stereocenters. The number of rotatable bonds is 12. The van der Waals surface area contributed by atoms with Crippen molar-refractivity contribution in [2.75, 3.05) is 9.80 Å². The summed E-state index contributed by atoms with van der Waals surface area (Å²) in [5, 5.41) is 8.86. The normalized spacial score (nSPS) is 12.7. The molecule has 91 heavy (non-hydrogen) atoms. The Labute approximate surface area is 530 Å². The quantitative estimate of drug-likeness (QED) is 0.122. The van der Waals surface area contributed by atoms with Crippen molar-refractivity contribution in [2.45, 2.75) is 44.9 Å². The summed E-state index contributed by atoms with van der Waals surface area (Å²) in [7, 11) is 0. The third-order valence-corrected chi connectivity index (χ3v) is 19.3. The molecule has 4 nitrogen and oxygen atoms in total. The first kappa shape index (κ1) is 54.0. The minimum Gasteiger partial charge on any atom is -0.453 e. The van der Waals surface area contributed by atoms with Crippen LogP contribution in [0, 0.1) is 0 Å². The van der Waals surface area contributed by atoms with Gasteiger partial charge in [0.15, 0.2) is 11.2 Å². The van der Waals surface area contributed by atoms with Crippen LogP contribution >= 0.6 is 0 Å². The van der Waals surface area contributed by atoms with Crippen LogP contribution in [0.25, 0.3) is 98.8 Å². The molecule has 0 bridgehead atoms. The van der Waals surface area contributed by atoms with E-state index in [2.05, 4.69) is 341 Å². The molecule has 4 heteroatoms. The number of anilines is 6. The van der Waals surface area contributed by atoms with Gasteiger partial charge in [0.1, 0.15) is 11.2 Å². The van der Waals surface area contributed by atoms with Crippen molar-refractivity contribution in [1.29, 1.82) is 0 Å². The van der Waals surface area contributed by atoms with E-state index in [9.17, 15) is 0 Å². The lowest BCUT2D eigenvalue weighted by Crippen LogP contribution is -2.29. The van der Waals surface area contributed by atoms with Gasteiger partial charge in [0.25, 0.3) is 0 Å². The average Bonchev–Trinajstić information content (AvgIpc) is 1.54.